The van der Waals surface area contributed by atoms with Crippen LogP contribution in [0.1, 0.15) is 18.9 Å². The SMILES string of the molecule is CCOC(=O)C(CN)(CCO)c1cccc(F)c1. The second kappa shape index (κ2) is 6.47. The number of aliphatic hydroxyl groups excluding tert-OH is 1. The van der Waals surface area contributed by atoms with Crippen LogP contribution in [0.4, 0.5) is 4.39 Å². The Kier molecular flexibility index (Phi) is 5.25. The standard InChI is InChI=1S/C13H18FNO3/c1-2-18-12(17)13(9-15,6-7-16)10-4-3-5-11(14)8-10/h3-5,8,16H,2,6-7,9,15H2,1H3. The van der Waals surface area contributed by atoms with E-state index in [-0.39, 0.29) is 26.2 Å². The summed E-state index contributed by atoms with van der Waals surface area (Å²) in [6, 6.07) is 5.66. The molecule has 0 aliphatic carbocycles. The van der Waals surface area contributed by atoms with Crippen molar-refractivity contribution in [2.24, 2.45) is 5.73 Å². The minimum Gasteiger partial charge on any atom is -0.465 e. The average Bonchev–Trinajstić information content (AvgIpc) is 2.36. The number of benzene rings is 1. The zero-order valence-corrected chi connectivity index (χ0v) is 10.4. The van der Waals surface area contributed by atoms with Crippen LogP contribution >= 0.6 is 0 Å². The molecule has 0 fully saturated rings. The molecule has 1 aromatic carbocycles. The molecule has 100 valence electrons. The largest absolute Gasteiger partial charge is 0.465 e. The van der Waals surface area contributed by atoms with E-state index in [0.29, 0.717) is 5.56 Å². The molecule has 0 saturated carbocycles. The molecule has 5 heteroatoms. The van der Waals surface area contributed by atoms with Crippen molar-refractivity contribution >= 4 is 5.97 Å². The predicted octanol–water partition coefficient (Wildman–Crippen LogP) is 0.968. The van der Waals surface area contributed by atoms with Gasteiger partial charge in [0, 0.05) is 13.2 Å². The first kappa shape index (κ1) is 14.6. The molecule has 1 atom stereocenters. The van der Waals surface area contributed by atoms with Crippen molar-refractivity contribution in [3.05, 3.63) is 35.6 Å². The fourth-order valence-corrected chi connectivity index (χ4v) is 1.91. The number of halogens is 1. The third kappa shape index (κ3) is 2.86. The van der Waals surface area contributed by atoms with Gasteiger partial charge < -0.3 is 15.6 Å². The molecule has 0 radical (unpaired) electrons. The van der Waals surface area contributed by atoms with E-state index in [4.69, 9.17) is 15.6 Å². The number of carbonyl (C=O) groups excluding carboxylic acids is 1. The molecule has 1 unspecified atom stereocenters. The fourth-order valence-electron chi connectivity index (χ4n) is 1.91. The van der Waals surface area contributed by atoms with Gasteiger partial charge in [-0.15, -0.1) is 0 Å². The van der Waals surface area contributed by atoms with Gasteiger partial charge in [-0.1, -0.05) is 12.1 Å². The highest BCUT2D eigenvalue weighted by Gasteiger charge is 2.40. The van der Waals surface area contributed by atoms with Gasteiger partial charge in [-0.05, 0) is 31.0 Å². The molecule has 4 nitrogen and oxygen atoms in total. The highest BCUT2D eigenvalue weighted by molar-refractivity contribution is 5.83. The molecule has 3 N–H and O–H groups in total. The molecule has 0 amide bonds. The molecule has 0 aliphatic heterocycles. The zero-order valence-electron chi connectivity index (χ0n) is 10.4. The van der Waals surface area contributed by atoms with Gasteiger partial charge in [-0.2, -0.15) is 0 Å². The van der Waals surface area contributed by atoms with E-state index in [2.05, 4.69) is 0 Å². The van der Waals surface area contributed by atoms with Crippen LogP contribution in [-0.2, 0) is 14.9 Å². The van der Waals surface area contributed by atoms with E-state index in [0.717, 1.165) is 0 Å². The molecule has 18 heavy (non-hydrogen) atoms. The summed E-state index contributed by atoms with van der Waals surface area (Å²) >= 11 is 0. The van der Waals surface area contributed by atoms with Crippen LogP contribution in [0.15, 0.2) is 24.3 Å². The van der Waals surface area contributed by atoms with E-state index >= 15 is 0 Å². The zero-order chi connectivity index (χ0) is 13.6. The molecule has 0 saturated heterocycles. The van der Waals surface area contributed by atoms with Crippen molar-refractivity contribution in [1.82, 2.24) is 0 Å². The Hall–Kier alpha value is -1.46. The van der Waals surface area contributed by atoms with Crippen molar-refractivity contribution in [2.75, 3.05) is 19.8 Å². The monoisotopic (exact) mass is 255 g/mol. The van der Waals surface area contributed by atoms with Gasteiger partial charge in [0.1, 0.15) is 11.2 Å². The summed E-state index contributed by atoms with van der Waals surface area (Å²) in [5, 5.41) is 9.12. The summed E-state index contributed by atoms with van der Waals surface area (Å²) in [7, 11) is 0. The maximum atomic E-state index is 13.3. The van der Waals surface area contributed by atoms with E-state index in [1.807, 2.05) is 0 Å². The molecule has 1 rings (SSSR count). The van der Waals surface area contributed by atoms with Gasteiger partial charge >= 0.3 is 5.97 Å². The maximum absolute atomic E-state index is 13.3. The van der Waals surface area contributed by atoms with Gasteiger partial charge in [0.15, 0.2) is 0 Å². The second-order valence-electron chi connectivity index (χ2n) is 3.99. The van der Waals surface area contributed by atoms with Crippen LogP contribution in [0.25, 0.3) is 0 Å². The van der Waals surface area contributed by atoms with E-state index in [9.17, 15) is 9.18 Å². The number of hydrogen-bond donors (Lipinski definition) is 2. The quantitative estimate of drug-likeness (QED) is 0.743. The van der Waals surface area contributed by atoms with E-state index < -0.39 is 17.2 Å². The van der Waals surface area contributed by atoms with Crippen molar-refractivity contribution in [3.63, 3.8) is 0 Å². The fraction of sp³-hybridized carbons (Fsp3) is 0.462. The Morgan fingerprint density at radius 1 is 1.56 bits per heavy atom. The lowest BCUT2D eigenvalue weighted by Crippen LogP contribution is -2.45. The number of ether oxygens (including phenoxy) is 1. The van der Waals surface area contributed by atoms with Crippen molar-refractivity contribution in [3.8, 4) is 0 Å². The van der Waals surface area contributed by atoms with E-state index in [1.165, 1.54) is 18.2 Å². The Morgan fingerprint density at radius 3 is 2.78 bits per heavy atom. The van der Waals surface area contributed by atoms with Crippen molar-refractivity contribution in [2.45, 2.75) is 18.8 Å². The summed E-state index contributed by atoms with van der Waals surface area (Å²) in [5.74, 6) is -0.986. The van der Waals surface area contributed by atoms with Gasteiger partial charge in [-0.3, -0.25) is 4.79 Å². The molecule has 0 spiro atoms. The van der Waals surface area contributed by atoms with Crippen LogP contribution in [0.2, 0.25) is 0 Å². The summed E-state index contributed by atoms with van der Waals surface area (Å²) in [5.41, 5.74) is 4.91. The first-order valence-electron chi connectivity index (χ1n) is 5.85. The number of nitrogens with two attached hydrogens (primary N) is 1. The number of hydrogen-bond acceptors (Lipinski definition) is 4. The Labute approximate surface area is 106 Å². The lowest BCUT2D eigenvalue weighted by molar-refractivity contribution is -0.150. The summed E-state index contributed by atoms with van der Waals surface area (Å²) in [6.07, 6.45) is 0.103. The van der Waals surface area contributed by atoms with Crippen LogP contribution in [-0.4, -0.2) is 30.8 Å². The van der Waals surface area contributed by atoms with Gasteiger partial charge in [-0.25, -0.2) is 4.39 Å². The first-order chi connectivity index (χ1) is 8.60. The Balaban J connectivity index is 3.21. The maximum Gasteiger partial charge on any atom is 0.317 e. The topological polar surface area (TPSA) is 72.5 Å². The van der Waals surface area contributed by atoms with Crippen LogP contribution in [0.5, 0.6) is 0 Å². The third-order valence-corrected chi connectivity index (χ3v) is 2.93. The highest BCUT2D eigenvalue weighted by Crippen LogP contribution is 2.29. The van der Waals surface area contributed by atoms with Crippen LogP contribution < -0.4 is 5.73 Å². The molecular weight excluding hydrogens is 237 g/mol. The Morgan fingerprint density at radius 2 is 2.28 bits per heavy atom. The molecule has 0 heterocycles. The Bertz CT molecular complexity index is 411. The van der Waals surface area contributed by atoms with Gasteiger partial charge in [0.2, 0.25) is 0 Å². The number of aliphatic hydroxyl groups is 1. The summed E-state index contributed by atoms with van der Waals surface area (Å²) in [4.78, 5) is 12.1. The first-order valence-corrected chi connectivity index (χ1v) is 5.85. The van der Waals surface area contributed by atoms with Gasteiger partial charge in [0.25, 0.3) is 0 Å². The summed E-state index contributed by atoms with van der Waals surface area (Å²) < 4.78 is 18.3. The van der Waals surface area contributed by atoms with Crippen LogP contribution in [0.3, 0.4) is 0 Å². The normalized spacial score (nSPS) is 14.0. The van der Waals surface area contributed by atoms with Crippen molar-refractivity contribution in [1.29, 1.82) is 0 Å². The molecule has 0 aliphatic rings. The minimum atomic E-state index is -1.19. The minimum absolute atomic E-state index is 0.0458. The highest BCUT2D eigenvalue weighted by atomic mass is 19.1. The van der Waals surface area contributed by atoms with Crippen LogP contribution in [0, 0.1) is 5.82 Å². The molecular formula is C13H18FNO3. The summed E-state index contributed by atoms with van der Waals surface area (Å²) in [6.45, 7) is 1.62. The number of rotatable bonds is 6. The third-order valence-electron chi connectivity index (χ3n) is 2.93. The average molecular weight is 255 g/mol. The predicted molar refractivity (Wildman–Crippen MR) is 65.5 cm³/mol. The van der Waals surface area contributed by atoms with Crippen molar-refractivity contribution < 1.29 is 19.0 Å². The molecule has 1 aromatic rings. The smallest absolute Gasteiger partial charge is 0.317 e. The second-order valence-corrected chi connectivity index (χ2v) is 3.99. The lowest BCUT2D eigenvalue weighted by atomic mass is 9.77. The number of esters is 1. The van der Waals surface area contributed by atoms with E-state index in [1.54, 1.807) is 13.0 Å². The molecule has 0 aromatic heterocycles. The van der Waals surface area contributed by atoms with Gasteiger partial charge in [0.05, 0.1) is 6.61 Å². The number of carbonyl (C=O) groups is 1. The molecule has 0 bridgehead atoms. The lowest BCUT2D eigenvalue weighted by Gasteiger charge is -2.30.